The van der Waals surface area contributed by atoms with Crippen molar-refractivity contribution >= 4 is 11.8 Å². The SMILES string of the molecule is COc1cccc(C(O)CCCSC)c1. The fraction of sp³-hybridized carbons (Fsp3) is 0.500. The summed E-state index contributed by atoms with van der Waals surface area (Å²) in [7, 11) is 1.64. The molecule has 0 bridgehead atoms. The van der Waals surface area contributed by atoms with Gasteiger partial charge in [0.05, 0.1) is 13.2 Å². The van der Waals surface area contributed by atoms with Gasteiger partial charge < -0.3 is 9.84 Å². The molecule has 0 aliphatic heterocycles. The van der Waals surface area contributed by atoms with Crippen LogP contribution in [0.5, 0.6) is 5.75 Å². The number of methoxy groups -OCH3 is 1. The number of rotatable bonds is 6. The molecule has 2 nitrogen and oxygen atoms in total. The molecule has 1 aromatic carbocycles. The molecule has 0 saturated carbocycles. The predicted molar refractivity (Wildman–Crippen MR) is 65.6 cm³/mol. The van der Waals surface area contributed by atoms with Crippen molar-refractivity contribution in [3.63, 3.8) is 0 Å². The van der Waals surface area contributed by atoms with Crippen LogP contribution in [0.25, 0.3) is 0 Å². The summed E-state index contributed by atoms with van der Waals surface area (Å²) in [6.45, 7) is 0. The number of ether oxygens (including phenoxy) is 1. The Kier molecular flexibility index (Phi) is 5.58. The monoisotopic (exact) mass is 226 g/mol. The molecule has 0 fully saturated rings. The van der Waals surface area contributed by atoms with Crippen LogP contribution < -0.4 is 4.74 Å². The molecule has 0 saturated heterocycles. The smallest absolute Gasteiger partial charge is 0.119 e. The molecule has 15 heavy (non-hydrogen) atoms. The lowest BCUT2D eigenvalue weighted by Gasteiger charge is -2.11. The maximum atomic E-state index is 9.90. The second-order valence-electron chi connectivity index (χ2n) is 3.43. The highest BCUT2D eigenvalue weighted by atomic mass is 32.2. The van der Waals surface area contributed by atoms with Gasteiger partial charge in [-0.2, -0.15) is 11.8 Å². The Labute approximate surface area is 95.7 Å². The van der Waals surface area contributed by atoms with E-state index in [1.54, 1.807) is 7.11 Å². The number of benzene rings is 1. The van der Waals surface area contributed by atoms with E-state index in [9.17, 15) is 5.11 Å². The van der Waals surface area contributed by atoms with E-state index in [-0.39, 0.29) is 6.10 Å². The number of aliphatic hydroxyl groups is 1. The molecule has 0 spiro atoms. The fourth-order valence-corrected chi connectivity index (χ4v) is 1.89. The van der Waals surface area contributed by atoms with Crippen LogP contribution in [0.15, 0.2) is 24.3 Å². The largest absolute Gasteiger partial charge is 0.497 e. The summed E-state index contributed by atoms with van der Waals surface area (Å²) in [5, 5.41) is 9.90. The number of aliphatic hydroxyl groups excluding tert-OH is 1. The minimum Gasteiger partial charge on any atom is -0.497 e. The average molecular weight is 226 g/mol. The van der Waals surface area contributed by atoms with Crippen molar-refractivity contribution < 1.29 is 9.84 Å². The molecule has 0 aliphatic rings. The van der Waals surface area contributed by atoms with E-state index in [0.717, 1.165) is 29.9 Å². The number of hydrogen-bond donors (Lipinski definition) is 1. The Morgan fingerprint density at radius 1 is 1.47 bits per heavy atom. The van der Waals surface area contributed by atoms with Crippen molar-refractivity contribution in [3.05, 3.63) is 29.8 Å². The molecule has 0 aromatic heterocycles. The second kappa shape index (κ2) is 6.75. The van der Waals surface area contributed by atoms with Gasteiger partial charge >= 0.3 is 0 Å². The Hall–Kier alpha value is -0.670. The highest BCUT2D eigenvalue weighted by Gasteiger charge is 2.07. The molecule has 0 heterocycles. The van der Waals surface area contributed by atoms with E-state index >= 15 is 0 Å². The zero-order valence-corrected chi connectivity index (χ0v) is 10.1. The third kappa shape index (κ3) is 4.14. The first-order chi connectivity index (χ1) is 7.27. The first kappa shape index (κ1) is 12.4. The van der Waals surface area contributed by atoms with E-state index in [1.807, 2.05) is 36.0 Å². The molecule has 1 N–H and O–H groups in total. The van der Waals surface area contributed by atoms with Gasteiger partial charge in [-0.3, -0.25) is 0 Å². The van der Waals surface area contributed by atoms with E-state index in [0.29, 0.717) is 0 Å². The van der Waals surface area contributed by atoms with Gasteiger partial charge in [0, 0.05) is 0 Å². The summed E-state index contributed by atoms with van der Waals surface area (Å²) in [6.07, 6.45) is 3.57. The first-order valence-corrected chi connectivity index (χ1v) is 6.48. The van der Waals surface area contributed by atoms with Crippen molar-refractivity contribution in [3.8, 4) is 5.75 Å². The lowest BCUT2D eigenvalue weighted by atomic mass is 10.1. The van der Waals surface area contributed by atoms with Crippen LogP contribution in [0.2, 0.25) is 0 Å². The molecule has 1 rings (SSSR count). The van der Waals surface area contributed by atoms with Crippen molar-refractivity contribution in [2.75, 3.05) is 19.1 Å². The van der Waals surface area contributed by atoms with Crippen LogP contribution in [0, 0.1) is 0 Å². The minimum atomic E-state index is -0.368. The number of hydrogen-bond acceptors (Lipinski definition) is 3. The van der Waals surface area contributed by atoms with E-state index in [1.165, 1.54) is 0 Å². The summed E-state index contributed by atoms with van der Waals surface area (Å²) in [5.41, 5.74) is 0.940. The third-order valence-electron chi connectivity index (χ3n) is 2.30. The van der Waals surface area contributed by atoms with Gasteiger partial charge in [-0.1, -0.05) is 12.1 Å². The summed E-state index contributed by atoms with van der Waals surface area (Å²) < 4.78 is 5.12. The highest BCUT2D eigenvalue weighted by molar-refractivity contribution is 7.98. The van der Waals surface area contributed by atoms with E-state index < -0.39 is 0 Å². The molecular formula is C12H18O2S. The first-order valence-electron chi connectivity index (χ1n) is 5.09. The summed E-state index contributed by atoms with van der Waals surface area (Å²) in [5.74, 6) is 1.90. The molecular weight excluding hydrogens is 208 g/mol. The molecule has 3 heteroatoms. The molecule has 0 amide bonds. The predicted octanol–water partition coefficient (Wildman–Crippen LogP) is 2.87. The Morgan fingerprint density at radius 2 is 2.27 bits per heavy atom. The Morgan fingerprint density at radius 3 is 2.93 bits per heavy atom. The zero-order chi connectivity index (χ0) is 11.1. The van der Waals surface area contributed by atoms with Crippen LogP contribution in [-0.4, -0.2) is 24.2 Å². The van der Waals surface area contributed by atoms with Crippen molar-refractivity contribution in [1.29, 1.82) is 0 Å². The van der Waals surface area contributed by atoms with Gasteiger partial charge in [-0.25, -0.2) is 0 Å². The summed E-state index contributed by atoms with van der Waals surface area (Å²) in [6, 6.07) is 7.63. The molecule has 0 radical (unpaired) electrons. The molecule has 1 atom stereocenters. The topological polar surface area (TPSA) is 29.5 Å². The van der Waals surface area contributed by atoms with Crippen LogP contribution >= 0.6 is 11.8 Å². The van der Waals surface area contributed by atoms with Crippen molar-refractivity contribution in [1.82, 2.24) is 0 Å². The summed E-state index contributed by atoms with van der Waals surface area (Å²) >= 11 is 1.81. The van der Waals surface area contributed by atoms with Gasteiger partial charge in [0.1, 0.15) is 5.75 Å². The third-order valence-corrected chi connectivity index (χ3v) is 3.00. The summed E-state index contributed by atoms with van der Waals surface area (Å²) in [4.78, 5) is 0. The molecule has 1 aromatic rings. The van der Waals surface area contributed by atoms with Crippen molar-refractivity contribution in [2.45, 2.75) is 18.9 Å². The molecule has 1 unspecified atom stereocenters. The van der Waals surface area contributed by atoms with E-state index in [4.69, 9.17) is 4.74 Å². The highest BCUT2D eigenvalue weighted by Crippen LogP contribution is 2.22. The van der Waals surface area contributed by atoms with Crippen molar-refractivity contribution in [2.24, 2.45) is 0 Å². The normalized spacial score (nSPS) is 12.5. The standard InChI is InChI=1S/C12H18O2S/c1-14-11-6-3-5-10(9-11)12(13)7-4-8-15-2/h3,5-6,9,12-13H,4,7-8H2,1-2H3. The van der Waals surface area contributed by atoms with Gasteiger partial charge in [-0.15, -0.1) is 0 Å². The lowest BCUT2D eigenvalue weighted by molar-refractivity contribution is 0.166. The number of thioether (sulfide) groups is 1. The average Bonchev–Trinajstić information content (AvgIpc) is 2.29. The lowest BCUT2D eigenvalue weighted by Crippen LogP contribution is -1.98. The maximum Gasteiger partial charge on any atom is 0.119 e. The second-order valence-corrected chi connectivity index (χ2v) is 4.41. The molecule has 84 valence electrons. The van der Waals surface area contributed by atoms with Gasteiger partial charge in [0.2, 0.25) is 0 Å². The van der Waals surface area contributed by atoms with E-state index in [2.05, 4.69) is 6.26 Å². The van der Waals surface area contributed by atoms with Crippen LogP contribution in [0.3, 0.4) is 0 Å². The van der Waals surface area contributed by atoms with Gasteiger partial charge in [0.15, 0.2) is 0 Å². The fourth-order valence-electron chi connectivity index (χ4n) is 1.44. The Balaban J connectivity index is 2.52. The molecule has 0 aliphatic carbocycles. The zero-order valence-electron chi connectivity index (χ0n) is 9.27. The maximum absolute atomic E-state index is 9.90. The van der Waals surface area contributed by atoms with Crippen LogP contribution in [0.1, 0.15) is 24.5 Å². The minimum absolute atomic E-state index is 0.368. The van der Waals surface area contributed by atoms with Gasteiger partial charge in [-0.05, 0) is 42.5 Å². The van der Waals surface area contributed by atoms with Gasteiger partial charge in [0.25, 0.3) is 0 Å². The van der Waals surface area contributed by atoms with Crippen LogP contribution in [0.4, 0.5) is 0 Å². The quantitative estimate of drug-likeness (QED) is 0.756. The van der Waals surface area contributed by atoms with Crippen LogP contribution in [-0.2, 0) is 0 Å². The Bertz CT molecular complexity index is 289.